The second kappa shape index (κ2) is 3.83. The van der Waals surface area contributed by atoms with Gasteiger partial charge in [-0.1, -0.05) is 12.1 Å². The number of alkyl halides is 1. The van der Waals surface area contributed by atoms with Crippen LogP contribution in [0.3, 0.4) is 0 Å². The van der Waals surface area contributed by atoms with E-state index in [-0.39, 0.29) is 0 Å². The zero-order chi connectivity index (χ0) is 12.8. The third kappa shape index (κ3) is 1.98. The summed E-state index contributed by atoms with van der Waals surface area (Å²) < 4.78 is 13.4. The third-order valence-corrected chi connectivity index (χ3v) is 3.37. The van der Waals surface area contributed by atoms with Crippen LogP contribution in [0.15, 0.2) is 24.3 Å². The van der Waals surface area contributed by atoms with Crippen molar-refractivity contribution in [1.82, 2.24) is 10.3 Å². The molecule has 1 aromatic heterocycles. The van der Waals surface area contributed by atoms with Crippen molar-refractivity contribution >= 4 is 16.8 Å². The van der Waals surface area contributed by atoms with E-state index >= 15 is 0 Å². The summed E-state index contributed by atoms with van der Waals surface area (Å²) >= 11 is 0. The number of aryl methyl sites for hydroxylation is 1. The molecule has 2 N–H and O–H groups in total. The third-order valence-electron chi connectivity index (χ3n) is 3.37. The van der Waals surface area contributed by atoms with E-state index in [4.69, 9.17) is 0 Å². The Kier molecular flexibility index (Phi) is 2.40. The van der Waals surface area contributed by atoms with Gasteiger partial charge in [0, 0.05) is 11.2 Å². The quantitative estimate of drug-likeness (QED) is 0.859. The van der Waals surface area contributed by atoms with E-state index in [0.29, 0.717) is 19.4 Å². The lowest BCUT2D eigenvalue weighted by Gasteiger charge is -2.05. The Balaban J connectivity index is 1.73. The van der Waals surface area contributed by atoms with E-state index in [1.54, 1.807) is 0 Å². The van der Waals surface area contributed by atoms with Gasteiger partial charge in [-0.15, -0.1) is 0 Å². The van der Waals surface area contributed by atoms with Crippen LogP contribution in [0, 0.1) is 6.92 Å². The van der Waals surface area contributed by atoms with Crippen LogP contribution < -0.4 is 5.32 Å². The largest absolute Gasteiger partial charge is 0.357 e. The first-order valence-corrected chi connectivity index (χ1v) is 6.12. The van der Waals surface area contributed by atoms with Gasteiger partial charge in [-0.2, -0.15) is 0 Å². The summed E-state index contributed by atoms with van der Waals surface area (Å²) in [6.45, 7) is 2.37. The molecule has 1 amide bonds. The number of halogens is 1. The maximum absolute atomic E-state index is 13.4. The molecule has 1 aliphatic rings. The van der Waals surface area contributed by atoms with Crippen LogP contribution in [-0.4, -0.2) is 16.6 Å². The number of hydrogen-bond acceptors (Lipinski definition) is 1. The van der Waals surface area contributed by atoms with E-state index in [9.17, 15) is 9.18 Å². The van der Waals surface area contributed by atoms with Gasteiger partial charge in [-0.3, -0.25) is 4.79 Å². The number of aromatic nitrogens is 1. The molecule has 1 aliphatic carbocycles. The lowest BCUT2D eigenvalue weighted by molar-refractivity contribution is -0.127. The number of carbonyl (C=O) groups is 1. The maximum atomic E-state index is 13.4. The molecule has 0 radical (unpaired) electrons. The Morgan fingerprint density at radius 1 is 1.44 bits per heavy atom. The summed E-state index contributed by atoms with van der Waals surface area (Å²) in [7, 11) is 0. The van der Waals surface area contributed by atoms with E-state index in [1.807, 2.05) is 25.1 Å². The molecule has 1 fully saturated rings. The molecule has 0 spiro atoms. The van der Waals surface area contributed by atoms with Gasteiger partial charge in [0.1, 0.15) is 0 Å². The molecule has 0 atom stereocenters. The van der Waals surface area contributed by atoms with Crippen LogP contribution in [0.2, 0.25) is 0 Å². The van der Waals surface area contributed by atoms with Crippen LogP contribution in [-0.2, 0) is 11.3 Å². The molecule has 1 saturated carbocycles. The highest BCUT2D eigenvalue weighted by Crippen LogP contribution is 2.39. The highest BCUT2D eigenvalue weighted by atomic mass is 19.1. The minimum Gasteiger partial charge on any atom is -0.357 e. The van der Waals surface area contributed by atoms with Gasteiger partial charge >= 0.3 is 0 Å². The van der Waals surface area contributed by atoms with E-state index in [2.05, 4.69) is 16.4 Å². The molecular weight excluding hydrogens is 231 g/mol. The van der Waals surface area contributed by atoms with Crippen molar-refractivity contribution in [1.29, 1.82) is 0 Å². The average molecular weight is 246 g/mol. The Bertz CT molecular complexity index is 613. The standard InChI is InChI=1S/C14H15FN2O/c1-9-2-3-10-7-11(17-12(10)6-9)8-16-13(18)14(15)4-5-14/h2-3,6-7,17H,4-5,8H2,1H3,(H,16,18). The molecule has 2 aromatic rings. The van der Waals surface area contributed by atoms with Gasteiger partial charge in [0.15, 0.2) is 5.67 Å². The number of nitrogens with one attached hydrogen (secondary N) is 2. The lowest BCUT2D eigenvalue weighted by atomic mass is 10.2. The molecule has 18 heavy (non-hydrogen) atoms. The summed E-state index contributed by atoms with van der Waals surface area (Å²) in [5, 5.41) is 3.73. The van der Waals surface area contributed by atoms with Crippen molar-refractivity contribution in [3.8, 4) is 0 Å². The zero-order valence-electron chi connectivity index (χ0n) is 10.2. The predicted molar refractivity (Wildman–Crippen MR) is 68.0 cm³/mol. The highest BCUT2D eigenvalue weighted by molar-refractivity contribution is 5.88. The first-order valence-electron chi connectivity index (χ1n) is 6.12. The van der Waals surface area contributed by atoms with Crippen molar-refractivity contribution in [3.05, 3.63) is 35.5 Å². The van der Waals surface area contributed by atoms with Crippen molar-refractivity contribution in [3.63, 3.8) is 0 Å². The smallest absolute Gasteiger partial charge is 0.257 e. The first kappa shape index (κ1) is 11.3. The predicted octanol–water partition coefficient (Wildman–Crippen LogP) is 2.59. The monoisotopic (exact) mass is 246 g/mol. The molecule has 3 rings (SSSR count). The van der Waals surface area contributed by atoms with Gasteiger partial charge in [0.25, 0.3) is 5.91 Å². The SMILES string of the molecule is Cc1ccc2cc(CNC(=O)C3(F)CC3)[nH]c2c1. The number of fused-ring (bicyclic) bond motifs is 1. The highest BCUT2D eigenvalue weighted by Gasteiger charge is 2.50. The van der Waals surface area contributed by atoms with Gasteiger partial charge in [0.05, 0.1) is 6.54 Å². The van der Waals surface area contributed by atoms with Crippen molar-refractivity contribution in [2.24, 2.45) is 0 Å². The van der Waals surface area contributed by atoms with Crippen LogP contribution in [0.4, 0.5) is 4.39 Å². The van der Waals surface area contributed by atoms with Crippen LogP contribution in [0.1, 0.15) is 24.1 Å². The van der Waals surface area contributed by atoms with Crippen LogP contribution in [0.25, 0.3) is 10.9 Å². The fourth-order valence-electron chi connectivity index (χ4n) is 2.07. The number of amides is 1. The fourth-order valence-corrected chi connectivity index (χ4v) is 2.07. The molecule has 4 heteroatoms. The molecule has 1 aromatic carbocycles. The van der Waals surface area contributed by atoms with Crippen molar-refractivity contribution < 1.29 is 9.18 Å². The molecular formula is C14H15FN2O. The molecule has 0 aliphatic heterocycles. The Hall–Kier alpha value is -1.84. The summed E-state index contributed by atoms with van der Waals surface area (Å²) in [5.41, 5.74) is 1.53. The summed E-state index contributed by atoms with van der Waals surface area (Å²) in [4.78, 5) is 14.7. The number of benzene rings is 1. The molecule has 0 unspecified atom stereocenters. The van der Waals surface area contributed by atoms with Gasteiger partial charge in [0.2, 0.25) is 0 Å². The minimum absolute atomic E-state index is 0.345. The summed E-state index contributed by atoms with van der Waals surface area (Å²) in [6.07, 6.45) is 0.704. The number of aromatic amines is 1. The van der Waals surface area contributed by atoms with Crippen LogP contribution in [0.5, 0.6) is 0 Å². The second-order valence-electron chi connectivity index (χ2n) is 5.03. The Morgan fingerprint density at radius 3 is 2.94 bits per heavy atom. The van der Waals surface area contributed by atoms with Crippen molar-refractivity contribution in [2.45, 2.75) is 32.0 Å². The Morgan fingerprint density at radius 2 is 2.22 bits per heavy atom. The minimum atomic E-state index is -1.59. The number of rotatable bonds is 3. The normalized spacial score (nSPS) is 16.8. The molecule has 94 valence electrons. The number of carbonyl (C=O) groups excluding carboxylic acids is 1. The topological polar surface area (TPSA) is 44.9 Å². The fraction of sp³-hybridized carbons (Fsp3) is 0.357. The van der Waals surface area contributed by atoms with E-state index < -0.39 is 11.6 Å². The first-order chi connectivity index (χ1) is 8.57. The average Bonchev–Trinajstić information content (AvgIpc) is 2.96. The maximum Gasteiger partial charge on any atom is 0.257 e. The number of H-pyrrole nitrogens is 1. The molecule has 3 nitrogen and oxygen atoms in total. The van der Waals surface area contributed by atoms with Gasteiger partial charge < -0.3 is 10.3 Å². The second-order valence-corrected chi connectivity index (χ2v) is 5.03. The Labute approximate surface area is 104 Å². The summed E-state index contributed by atoms with van der Waals surface area (Å²) in [5.74, 6) is -0.489. The van der Waals surface area contributed by atoms with Crippen molar-refractivity contribution in [2.75, 3.05) is 0 Å². The van der Waals surface area contributed by atoms with E-state index in [0.717, 1.165) is 16.6 Å². The molecule has 1 heterocycles. The summed E-state index contributed by atoms with van der Waals surface area (Å²) in [6, 6.07) is 8.11. The van der Waals surface area contributed by atoms with E-state index in [1.165, 1.54) is 5.56 Å². The van der Waals surface area contributed by atoms with Gasteiger partial charge in [-0.25, -0.2) is 4.39 Å². The molecule has 0 saturated heterocycles. The zero-order valence-corrected chi connectivity index (χ0v) is 10.2. The van der Waals surface area contributed by atoms with Crippen LogP contribution >= 0.6 is 0 Å². The lowest BCUT2D eigenvalue weighted by Crippen LogP contribution is -2.32. The molecule has 0 bridgehead atoms. The van der Waals surface area contributed by atoms with Gasteiger partial charge in [-0.05, 0) is 42.8 Å². The number of hydrogen-bond donors (Lipinski definition) is 2.